The van der Waals surface area contributed by atoms with Crippen LogP contribution in [0.3, 0.4) is 0 Å². The first kappa shape index (κ1) is 16.5. The fourth-order valence-electron chi connectivity index (χ4n) is 1.88. The van der Waals surface area contributed by atoms with Crippen LogP contribution in [0.4, 0.5) is 5.69 Å². The molecular weight excluding hydrogens is 294 g/mol. The second-order valence-electron chi connectivity index (χ2n) is 4.81. The normalized spacial score (nSPS) is 10.1. The van der Waals surface area contributed by atoms with Gasteiger partial charge in [-0.05, 0) is 36.4 Å². The number of hydrogen-bond donors (Lipinski definition) is 3. The van der Waals surface area contributed by atoms with Crippen LogP contribution in [0.15, 0.2) is 59.7 Å². The van der Waals surface area contributed by atoms with Gasteiger partial charge in [0.05, 0.1) is 19.4 Å². The Balaban J connectivity index is 1.82. The number of rotatable bonds is 8. The molecule has 2 aromatic rings. The van der Waals surface area contributed by atoms with E-state index in [4.69, 9.17) is 4.42 Å². The molecule has 0 aliphatic heterocycles. The van der Waals surface area contributed by atoms with Crippen LogP contribution in [0.25, 0.3) is 0 Å². The van der Waals surface area contributed by atoms with E-state index in [0.717, 1.165) is 0 Å². The molecule has 0 unspecified atom stereocenters. The van der Waals surface area contributed by atoms with Gasteiger partial charge in [0.25, 0.3) is 5.91 Å². The van der Waals surface area contributed by atoms with Gasteiger partial charge in [-0.15, -0.1) is 6.58 Å². The lowest BCUT2D eigenvalue weighted by molar-refractivity contribution is -0.115. The second-order valence-corrected chi connectivity index (χ2v) is 4.81. The van der Waals surface area contributed by atoms with Crippen LogP contribution >= 0.6 is 0 Å². The van der Waals surface area contributed by atoms with Crippen LogP contribution in [-0.4, -0.2) is 24.9 Å². The molecule has 6 heteroatoms. The molecule has 1 heterocycles. The molecule has 0 saturated heterocycles. The van der Waals surface area contributed by atoms with Crippen molar-refractivity contribution in [2.45, 2.75) is 6.54 Å². The number of hydrogen-bond acceptors (Lipinski definition) is 4. The molecule has 0 saturated carbocycles. The predicted octanol–water partition coefficient (Wildman–Crippen LogP) is 1.92. The molecule has 23 heavy (non-hydrogen) atoms. The average molecular weight is 313 g/mol. The van der Waals surface area contributed by atoms with Gasteiger partial charge in [-0.2, -0.15) is 0 Å². The van der Waals surface area contributed by atoms with Crippen molar-refractivity contribution in [2.24, 2.45) is 0 Å². The van der Waals surface area contributed by atoms with Gasteiger partial charge >= 0.3 is 0 Å². The van der Waals surface area contributed by atoms with Gasteiger partial charge in [-0.3, -0.25) is 9.59 Å². The van der Waals surface area contributed by atoms with Gasteiger partial charge in [0, 0.05) is 17.8 Å². The fourth-order valence-corrected chi connectivity index (χ4v) is 1.88. The smallest absolute Gasteiger partial charge is 0.251 e. The number of amides is 2. The number of benzene rings is 1. The van der Waals surface area contributed by atoms with E-state index in [1.807, 2.05) is 0 Å². The summed E-state index contributed by atoms with van der Waals surface area (Å²) in [6.45, 7) is 4.67. The first-order chi connectivity index (χ1) is 11.2. The third-order valence-corrected chi connectivity index (χ3v) is 3.01. The first-order valence-electron chi connectivity index (χ1n) is 7.21. The molecule has 0 spiro atoms. The lowest BCUT2D eigenvalue weighted by Gasteiger charge is -2.07. The fraction of sp³-hybridized carbons (Fsp3) is 0.176. The summed E-state index contributed by atoms with van der Waals surface area (Å²) in [6.07, 6.45) is 3.24. The summed E-state index contributed by atoms with van der Waals surface area (Å²) >= 11 is 0. The Morgan fingerprint density at radius 1 is 1.17 bits per heavy atom. The van der Waals surface area contributed by atoms with Gasteiger partial charge < -0.3 is 20.4 Å². The topological polar surface area (TPSA) is 83.4 Å². The van der Waals surface area contributed by atoms with Gasteiger partial charge in [-0.25, -0.2) is 0 Å². The zero-order valence-corrected chi connectivity index (χ0v) is 12.7. The van der Waals surface area contributed by atoms with E-state index >= 15 is 0 Å². The summed E-state index contributed by atoms with van der Waals surface area (Å²) in [5, 5.41) is 8.41. The molecule has 0 bridgehead atoms. The predicted molar refractivity (Wildman–Crippen MR) is 88.0 cm³/mol. The van der Waals surface area contributed by atoms with Crippen LogP contribution in [-0.2, 0) is 11.3 Å². The van der Waals surface area contributed by atoms with Crippen molar-refractivity contribution in [1.29, 1.82) is 0 Å². The highest BCUT2D eigenvalue weighted by molar-refractivity contribution is 5.96. The molecule has 0 aliphatic rings. The molecule has 0 radical (unpaired) electrons. The molecule has 0 aliphatic carbocycles. The maximum absolute atomic E-state index is 12.0. The Morgan fingerprint density at radius 2 is 1.96 bits per heavy atom. The average Bonchev–Trinajstić information content (AvgIpc) is 3.07. The molecule has 0 fully saturated rings. The van der Waals surface area contributed by atoms with Crippen molar-refractivity contribution in [3.63, 3.8) is 0 Å². The van der Waals surface area contributed by atoms with Gasteiger partial charge in [-0.1, -0.05) is 6.08 Å². The summed E-state index contributed by atoms with van der Waals surface area (Å²) in [5.41, 5.74) is 1.15. The molecular formula is C17H19N3O3. The lowest BCUT2D eigenvalue weighted by Crippen LogP contribution is -2.28. The standard InChI is InChI=1S/C17H19N3O3/c1-2-9-18-12-16(21)20-14-7-5-13(6-8-14)17(22)19-11-15-4-3-10-23-15/h2-8,10,18H,1,9,11-12H2,(H,19,22)(H,20,21). The van der Waals surface area contributed by atoms with Crippen LogP contribution in [0.2, 0.25) is 0 Å². The second kappa shape index (κ2) is 8.55. The number of carbonyl (C=O) groups excluding carboxylic acids is 2. The number of nitrogens with one attached hydrogen (secondary N) is 3. The van der Waals surface area contributed by atoms with Crippen LogP contribution < -0.4 is 16.0 Å². The van der Waals surface area contributed by atoms with Gasteiger partial charge in [0.2, 0.25) is 5.91 Å². The molecule has 120 valence electrons. The van der Waals surface area contributed by atoms with E-state index in [1.165, 1.54) is 0 Å². The summed E-state index contributed by atoms with van der Waals surface area (Å²) in [4.78, 5) is 23.6. The zero-order valence-electron chi connectivity index (χ0n) is 12.7. The summed E-state index contributed by atoms with van der Waals surface area (Å²) in [7, 11) is 0. The van der Waals surface area contributed by atoms with E-state index < -0.39 is 0 Å². The maximum atomic E-state index is 12.0. The van der Waals surface area contributed by atoms with Crippen LogP contribution in [0, 0.1) is 0 Å². The van der Waals surface area contributed by atoms with Crippen molar-refractivity contribution in [1.82, 2.24) is 10.6 Å². The highest BCUT2D eigenvalue weighted by Gasteiger charge is 2.07. The Hall–Kier alpha value is -2.86. The van der Waals surface area contributed by atoms with E-state index in [9.17, 15) is 9.59 Å². The molecule has 6 nitrogen and oxygen atoms in total. The molecule has 1 aromatic heterocycles. The molecule has 2 amide bonds. The molecule has 1 aromatic carbocycles. The third-order valence-electron chi connectivity index (χ3n) is 3.01. The zero-order chi connectivity index (χ0) is 16.5. The highest BCUT2D eigenvalue weighted by atomic mass is 16.3. The Bertz CT molecular complexity index is 648. The van der Waals surface area contributed by atoms with E-state index in [0.29, 0.717) is 30.1 Å². The third kappa shape index (κ3) is 5.44. The maximum Gasteiger partial charge on any atom is 0.251 e. The Morgan fingerprint density at radius 3 is 2.61 bits per heavy atom. The minimum atomic E-state index is -0.202. The molecule has 0 atom stereocenters. The number of furan rings is 1. The highest BCUT2D eigenvalue weighted by Crippen LogP contribution is 2.10. The van der Waals surface area contributed by atoms with E-state index in [-0.39, 0.29) is 18.4 Å². The van der Waals surface area contributed by atoms with Crippen LogP contribution in [0.5, 0.6) is 0 Å². The quantitative estimate of drug-likeness (QED) is 0.513. The van der Waals surface area contributed by atoms with Crippen LogP contribution in [0.1, 0.15) is 16.1 Å². The molecule has 2 rings (SSSR count). The Labute approximate surface area is 134 Å². The van der Waals surface area contributed by atoms with Crippen molar-refractivity contribution in [3.8, 4) is 0 Å². The van der Waals surface area contributed by atoms with E-state index in [1.54, 1.807) is 48.7 Å². The first-order valence-corrected chi connectivity index (χ1v) is 7.21. The van der Waals surface area contributed by atoms with E-state index in [2.05, 4.69) is 22.5 Å². The van der Waals surface area contributed by atoms with Crippen molar-refractivity contribution in [3.05, 3.63) is 66.6 Å². The number of carbonyl (C=O) groups is 2. The summed E-state index contributed by atoms with van der Waals surface area (Å²) < 4.78 is 5.15. The Kier molecular flexibility index (Phi) is 6.14. The number of anilines is 1. The SMILES string of the molecule is C=CCNCC(=O)Nc1ccc(C(=O)NCc2ccco2)cc1. The lowest BCUT2D eigenvalue weighted by atomic mass is 10.2. The monoisotopic (exact) mass is 313 g/mol. The van der Waals surface area contributed by atoms with Crippen molar-refractivity contribution in [2.75, 3.05) is 18.4 Å². The summed E-state index contributed by atoms with van der Waals surface area (Å²) in [5.74, 6) is 0.336. The van der Waals surface area contributed by atoms with Crippen molar-refractivity contribution >= 4 is 17.5 Å². The molecule has 3 N–H and O–H groups in total. The minimum absolute atomic E-state index is 0.151. The summed E-state index contributed by atoms with van der Waals surface area (Å²) in [6, 6.07) is 10.2. The largest absolute Gasteiger partial charge is 0.467 e. The minimum Gasteiger partial charge on any atom is -0.467 e. The van der Waals surface area contributed by atoms with Gasteiger partial charge in [0.1, 0.15) is 5.76 Å². The van der Waals surface area contributed by atoms with Gasteiger partial charge in [0.15, 0.2) is 0 Å². The van der Waals surface area contributed by atoms with Crippen molar-refractivity contribution < 1.29 is 14.0 Å².